The van der Waals surface area contributed by atoms with Crippen LogP contribution >= 0.6 is 11.8 Å². The van der Waals surface area contributed by atoms with E-state index in [0.29, 0.717) is 28.9 Å². The Labute approximate surface area is 202 Å². The van der Waals surface area contributed by atoms with Crippen LogP contribution in [0.3, 0.4) is 0 Å². The van der Waals surface area contributed by atoms with E-state index in [0.717, 1.165) is 17.0 Å². The van der Waals surface area contributed by atoms with E-state index in [9.17, 15) is 9.59 Å². The van der Waals surface area contributed by atoms with Gasteiger partial charge in [0.2, 0.25) is 18.6 Å². The van der Waals surface area contributed by atoms with Crippen LogP contribution in [0.25, 0.3) is 0 Å². The third kappa shape index (κ3) is 5.85. The summed E-state index contributed by atoms with van der Waals surface area (Å²) in [7, 11) is 0. The molecule has 176 valence electrons. The third-order valence-corrected chi connectivity index (χ3v) is 6.12. The lowest BCUT2D eigenvalue weighted by Crippen LogP contribution is -2.46. The molecule has 1 N–H and O–H groups in total. The zero-order valence-corrected chi connectivity index (χ0v) is 20.1. The lowest BCUT2D eigenvalue weighted by molar-refractivity contribution is -0.136. The molecule has 4 rings (SSSR count). The molecule has 0 spiro atoms. The van der Waals surface area contributed by atoms with Crippen molar-refractivity contribution < 1.29 is 19.1 Å². The largest absolute Gasteiger partial charge is 0.454 e. The lowest BCUT2D eigenvalue weighted by atomic mass is 10.1. The average molecular weight is 479 g/mol. The van der Waals surface area contributed by atoms with Gasteiger partial charge in [-0.25, -0.2) is 9.97 Å². The molecule has 2 aromatic carbocycles. The summed E-state index contributed by atoms with van der Waals surface area (Å²) in [6.45, 7) is 5.98. The fourth-order valence-corrected chi connectivity index (χ4v) is 4.39. The number of anilines is 1. The highest BCUT2D eigenvalue weighted by atomic mass is 32.2. The van der Waals surface area contributed by atoms with Crippen molar-refractivity contribution in [1.29, 1.82) is 0 Å². The molecule has 9 heteroatoms. The van der Waals surface area contributed by atoms with Crippen LogP contribution in [0.5, 0.6) is 11.5 Å². The van der Waals surface area contributed by atoms with Crippen LogP contribution in [0, 0.1) is 13.8 Å². The van der Waals surface area contributed by atoms with Crippen molar-refractivity contribution in [2.45, 2.75) is 38.5 Å². The van der Waals surface area contributed by atoms with Gasteiger partial charge in [0.25, 0.3) is 0 Å². The van der Waals surface area contributed by atoms with E-state index in [1.807, 2.05) is 50.2 Å². The molecule has 0 aliphatic carbocycles. The number of nitrogens with zero attached hydrogens (tertiary/aromatic N) is 3. The summed E-state index contributed by atoms with van der Waals surface area (Å²) in [5.41, 5.74) is 3.21. The summed E-state index contributed by atoms with van der Waals surface area (Å²) in [6.07, 6.45) is 0. The van der Waals surface area contributed by atoms with Crippen molar-refractivity contribution >= 4 is 29.3 Å². The summed E-state index contributed by atoms with van der Waals surface area (Å²) < 4.78 is 10.7. The van der Waals surface area contributed by atoms with Crippen LogP contribution in [0.4, 0.5) is 5.69 Å². The van der Waals surface area contributed by atoms with E-state index in [1.165, 1.54) is 11.8 Å². The maximum Gasteiger partial charge on any atom is 0.246 e. The van der Waals surface area contributed by atoms with Crippen LogP contribution in [0.2, 0.25) is 0 Å². The Kier molecular flexibility index (Phi) is 7.32. The number of ether oxygens (including phenoxy) is 2. The zero-order chi connectivity index (χ0) is 24.1. The number of benzene rings is 2. The van der Waals surface area contributed by atoms with E-state index in [-0.39, 0.29) is 24.4 Å². The number of amides is 2. The van der Waals surface area contributed by atoms with Gasteiger partial charge in [-0.2, -0.15) is 0 Å². The van der Waals surface area contributed by atoms with Crippen molar-refractivity contribution in [2.24, 2.45) is 0 Å². The van der Waals surface area contributed by atoms with Gasteiger partial charge in [-0.15, -0.1) is 0 Å². The standard InChI is InChI=1S/C25H26N4O4S/c1-16-11-17(2)27-25(26-16)34-14-23(30)29(13-19-7-5-4-6-8-19)18(3)24(31)28-20-9-10-21-22(12-20)33-15-32-21/h4-12,18H,13-15H2,1-3H3,(H,28,31). The fraction of sp³-hybridized carbons (Fsp3) is 0.280. The van der Waals surface area contributed by atoms with Gasteiger partial charge < -0.3 is 19.7 Å². The smallest absolute Gasteiger partial charge is 0.246 e. The first-order valence-electron chi connectivity index (χ1n) is 10.9. The number of nitrogens with one attached hydrogen (secondary N) is 1. The molecule has 2 heterocycles. The Morgan fingerprint density at radius 2 is 1.74 bits per heavy atom. The van der Waals surface area contributed by atoms with Gasteiger partial charge in [0.1, 0.15) is 6.04 Å². The van der Waals surface area contributed by atoms with Crippen LogP contribution in [0.1, 0.15) is 23.9 Å². The normalized spacial score (nSPS) is 12.8. The van der Waals surface area contributed by atoms with Crippen molar-refractivity contribution in [3.63, 3.8) is 0 Å². The summed E-state index contributed by atoms with van der Waals surface area (Å²) in [4.78, 5) is 36.7. The molecule has 1 aliphatic heterocycles. The minimum Gasteiger partial charge on any atom is -0.454 e. The molecular formula is C25H26N4O4S. The van der Waals surface area contributed by atoms with E-state index in [1.54, 1.807) is 30.0 Å². The summed E-state index contributed by atoms with van der Waals surface area (Å²) in [5, 5.41) is 3.43. The Bertz CT molecular complexity index is 1170. The minimum atomic E-state index is -0.709. The second-order valence-corrected chi connectivity index (χ2v) is 8.90. The monoisotopic (exact) mass is 478 g/mol. The summed E-state index contributed by atoms with van der Waals surface area (Å²) >= 11 is 1.27. The summed E-state index contributed by atoms with van der Waals surface area (Å²) in [5.74, 6) is 0.864. The van der Waals surface area contributed by atoms with Crippen LogP contribution in [-0.2, 0) is 16.1 Å². The molecule has 1 atom stereocenters. The number of hydrogen-bond acceptors (Lipinski definition) is 7. The molecule has 34 heavy (non-hydrogen) atoms. The van der Waals surface area contributed by atoms with Gasteiger partial charge in [0.05, 0.1) is 5.75 Å². The SMILES string of the molecule is Cc1cc(C)nc(SCC(=O)N(Cc2ccccc2)C(C)C(=O)Nc2ccc3c(c2)OCO3)n1. The maximum absolute atomic E-state index is 13.3. The van der Waals surface area contributed by atoms with Crippen LogP contribution in [0.15, 0.2) is 59.8 Å². The second-order valence-electron chi connectivity index (χ2n) is 7.96. The third-order valence-electron chi connectivity index (χ3n) is 5.29. The zero-order valence-electron chi connectivity index (χ0n) is 19.3. The van der Waals surface area contributed by atoms with Crippen LogP contribution in [-0.4, -0.2) is 45.3 Å². The number of aromatic nitrogens is 2. The quantitative estimate of drug-likeness (QED) is 0.387. The highest BCUT2D eigenvalue weighted by Crippen LogP contribution is 2.34. The number of aryl methyl sites for hydroxylation is 2. The van der Waals surface area contributed by atoms with Crippen molar-refractivity contribution in [1.82, 2.24) is 14.9 Å². The molecule has 8 nitrogen and oxygen atoms in total. The molecular weight excluding hydrogens is 452 g/mol. The molecule has 1 aromatic heterocycles. The van der Waals surface area contributed by atoms with Crippen molar-refractivity contribution in [3.8, 4) is 11.5 Å². The van der Waals surface area contributed by atoms with E-state index < -0.39 is 6.04 Å². The Hall–Kier alpha value is -3.59. The Morgan fingerprint density at radius 1 is 1.03 bits per heavy atom. The number of hydrogen-bond donors (Lipinski definition) is 1. The molecule has 0 saturated heterocycles. The second kappa shape index (κ2) is 10.6. The fourth-order valence-electron chi connectivity index (χ4n) is 3.55. The first-order chi connectivity index (χ1) is 16.4. The Balaban J connectivity index is 1.48. The van der Waals surface area contributed by atoms with Gasteiger partial charge in [-0.05, 0) is 44.5 Å². The molecule has 0 radical (unpaired) electrons. The van der Waals surface area contributed by atoms with Gasteiger partial charge in [0, 0.05) is 29.7 Å². The first-order valence-corrected chi connectivity index (χ1v) is 11.9. The number of thioether (sulfide) groups is 1. The highest BCUT2D eigenvalue weighted by molar-refractivity contribution is 7.99. The van der Waals surface area contributed by atoms with E-state index in [2.05, 4.69) is 15.3 Å². The van der Waals surface area contributed by atoms with Crippen molar-refractivity contribution in [3.05, 3.63) is 71.5 Å². The van der Waals surface area contributed by atoms with Gasteiger partial charge in [-0.1, -0.05) is 42.1 Å². The minimum absolute atomic E-state index is 0.122. The molecule has 0 saturated carbocycles. The number of carbonyl (C=O) groups excluding carboxylic acids is 2. The highest BCUT2D eigenvalue weighted by Gasteiger charge is 2.27. The molecule has 0 bridgehead atoms. The van der Waals surface area contributed by atoms with Crippen molar-refractivity contribution in [2.75, 3.05) is 17.9 Å². The van der Waals surface area contributed by atoms with Gasteiger partial charge in [0.15, 0.2) is 16.7 Å². The number of fused-ring (bicyclic) bond motifs is 1. The van der Waals surface area contributed by atoms with E-state index in [4.69, 9.17) is 9.47 Å². The predicted octanol–water partition coefficient (Wildman–Crippen LogP) is 3.97. The van der Waals surface area contributed by atoms with Gasteiger partial charge >= 0.3 is 0 Å². The first kappa shape index (κ1) is 23.6. The van der Waals surface area contributed by atoms with Gasteiger partial charge in [-0.3, -0.25) is 9.59 Å². The molecule has 1 aliphatic rings. The maximum atomic E-state index is 13.3. The molecule has 0 fully saturated rings. The average Bonchev–Trinajstić information content (AvgIpc) is 3.28. The molecule has 1 unspecified atom stereocenters. The Morgan fingerprint density at radius 3 is 2.47 bits per heavy atom. The summed E-state index contributed by atoms with van der Waals surface area (Å²) in [6, 6.07) is 16.0. The number of rotatable bonds is 8. The van der Waals surface area contributed by atoms with E-state index >= 15 is 0 Å². The topological polar surface area (TPSA) is 93.7 Å². The van der Waals surface area contributed by atoms with Crippen LogP contribution < -0.4 is 14.8 Å². The predicted molar refractivity (Wildman–Crippen MR) is 130 cm³/mol. The number of carbonyl (C=O) groups is 2. The molecule has 2 amide bonds. The molecule has 3 aromatic rings. The lowest BCUT2D eigenvalue weighted by Gasteiger charge is -2.28.